The summed E-state index contributed by atoms with van der Waals surface area (Å²) in [5.74, 6) is 6.30. The Bertz CT molecular complexity index is 301. The van der Waals surface area contributed by atoms with Crippen LogP contribution in [0.1, 0.15) is 44.9 Å². The Labute approximate surface area is 123 Å². The zero-order valence-electron chi connectivity index (χ0n) is 13.1. The van der Waals surface area contributed by atoms with Gasteiger partial charge in [0.15, 0.2) is 8.32 Å². The molecule has 1 atom stereocenters. The van der Waals surface area contributed by atoms with Gasteiger partial charge >= 0.3 is 6.09 Å². The maximum atomic E-state index is 10.9. The summed E-state index contributed by atoms with van der Waals surface area (Å²) in [6.07, 6.45) is 7.54. The molecule has 3 N–H and O–H groups in total. The van der Waals surface area contributed by atoms with Gasteiger partial charge in [-0.2, -0.15) is 0 Å². The normalized spacial score (nSPS) is 18.8. The molecule has 0 aromatic heterocycles. The van der Waals surface area contributed by atoms with E-state index in [1.807, 2.05) is 0 Å². The fraction of sp³-hybridized carbons (Fsp3) is 0.929. The van der Waals surface area contributed by atoms with Crippen molar-refractivity contribution in [2.45, 2.75) is 70.7 Å². The number of hydrazine groups is 1. The number of carboxylic acid groups (broad SMARTS) is 1. The lowest BCUT2D eigenvalue weighted by molar-refractivity contribution is 0.0962. The quantitative estimate of drug-likeness (QED) is 0.327. The van der Waals surface area contributed by atoms with Crippen molar-refractivity contribution in [2.24, 2.45) is 11.8 Å². The first-order valence-electron chi connectivity index (χ1n) is 7.71. The van der Waals surface area contributed by atoms with E-state index in [4.69, 9.17) is 15.4 Å². The van der Waals surface area contributed by atoms with E-state index in [1.165, 1.54) is 32.1 Å². The molecule has 6 heteroatoms. The van der Waals surface area contributed by atoms with E-state index < -0.39 is 14.4 Å². The Morgan fingerprint density at radius 2 is 1.95 bits per heavy atom. The Morgan fingerprint density at radius 3 is 2.45 bits per heavy atom. The van der Waals surface area contributed by atoms with Gasteiger partial charge in [-0.1, -0.05) is 32.1 Å². The predicted molar refractivity (Wildman–Crippen MR) is 82.9 cm³/mol. The van der Waals surface area contributed by atoms with Gasteiger partial charge in [0.1, 0.15) is 0 Å². The van der Waals surface area contributed by atoms with Gasteiger partial charge in [-0.3, -0.25) is 0 Å². The van der Waals surface area contributed by atoms with Crippen LogP contribution >= 0.6 is 0 Å². The molecule has 0 aliphatic heterocycles. The van der Waals surface area contributed by atoms with Crippen LogP contribution < -0.4 is 5.84 Å². The van der Waals surface area contributed by atoms with Crippen molar-refractivity contribution in [1.82, 2.24) is 5.01 Å². The van der Waals surface area contributed by atoms with E-state index in [0.717, 1.165) is 23.8 Å². The lowest BCUT2D eigenvalue weighted by Crippen LogP contribution is -2.45. The van der Waals surface area contributed by atoms with Crippen LogP contribution in [0.3, 0.4) is 0 Å². The first kappa shape index (κ1) is 17.5. The third-order valence-corrected chi connectivity index (χ3v) is 4.83. The Hall–Kier alpha value is -0.593. The highest BCUT2D eigenvalue weighted by molar-refractivity contribution is 6.69. The summed E-state index contributed by atoms with van der Waals surface area (Å²) < 4.78 is 6.10. The molecule has 0 bridgehead atoms. The van der Waals surface area contributed by atoms with E-state index in [0.29, 0.717) is 0 Å². The fourth-order valence-corrected chi connectivity index (χ4v) is 4.07. The van der Waals surface area contributed by atoms with Crippen LogP contribution in [0.15, 0.2) is 0 Å². The molecule has 1 aliphatic carbocycles. The van der Waals surface area contributed by atoms with E-state index in [9.17, 15) is 4.79 Å². The maximum Gasteiger partial charge on any atom is 0.421 e. The summed E-state index contributed by atoms with van der Waals surface area (Å²) in [6, 6.07) is 0. The third kappa shape index (κ3) is 7.26. The molecule has 1 aliphatic rings. The van der Waals surface area contributed by atoms with Gasteiger partial charge in [0.05, 0.1) is 12.6 Å². The number of hydrogen-bond acceptors (Lipinski definition) is 3. The highest BCUT2D eigenvalue weighted by Gasteiger charge is 2.25. The number of amides is 1. The van der Waals surface area contributed by atoms with Gasteiger partial charge in [-0.05, 0) is 38.4 Å². The Morgan fingerprint density at radius 1 is 1.35 bits per heavy atom. The minimum atomic E-state index is -1.68. The van der Waals surface area contributed by atoms with Crippen LogP contribution in [-0.4, -0.2) is 37.2 Å². The lowest BCUT2D eigenvalue weighted by Gasteiger charge is -2.30. The monoisotopic (exact) mass is 302 g/mol. The van der Waals surface area contributed by atoms with E-state index in [-0.39, 0.29) is 12.6 Å². The molecular weight excluding hydrogens is 272 g/mol. The molecule has 1 rings (SSSR count). The zero-order valence-corrected chi connectivity index (χ0v) is 14.1. The third-order valence-electron chi connectivity index (χ3n) is 3.79. The molecule has 1 fully saturated rings. The molecule has 118 valence electrons. The first-order valence-corrected chi connectivity index (χ1v) is 11.1. The van der Waals surface area contributed by atoms with Crippen molar-refractivity contribution in [3.8, 4) is 0 Å². The molecule has 1 unspecified atom stereocenters. The molecule has 0 radical (unpaired) electrons. The maximum absolute atomic E-state index is 10.9. The second kappa shape index (κ2) is 8.00. The molecule has 0 aromatic rings. The molecule has 5 nitrogen and oxygen atoms in total. The van der Waals surface area contributed by atoms with Crippen LogP contribution in [-0.2, 0) is 4.43 Å². The molecule has 0 heterocycles. The van der Waals surface area contributed by atoms with Gasteiger partial charge in [-0.25, -0.2) is 15.6 Å². The first-order chi connectivity index (χ1) is 9.28. The minimum absolute atomic E-state index is 0.0651. The Balaban J connectivity index is 2.46. The summed E-state index contributed by atoms with van der Waals surface area (Å²) in [6.45, 7) is 6.65. The molecule has 0 saturated heterocycles. The minimum Gasteiger partial charge on any atom is -0.464 e. The second-order valence-corrected chi connectivity index (χ2v) is 11.3. The molecule has 0 aromatic carbocycles. The van der Waals surface area contributed by atoms with E-state index in [2.05, 4.69) is 19.6 Å². The SMILES string of the molecule is C[Si](C)(C)OC(CCC1CCCCC1)CN(N)C(=O)O. The van der Waals surface area contributed by atoms with Crippen LogP contribution in [0, 0.1) is 5.92 Å². The number of rotatable bonds is 7. The molecule has 1 saturated carbocycles. The molecule has 1 amide bonds. The van der Waals surface area contributed by atoms with Crippen molar-refractivity contribution in [1.29, 1.82) is 0 Å². The van der Waals surface area contributed by atoms with Gasteiger partial charge < -0.3 is 9.53 Å². The van der Waals surface area contributed by atoms with Crippen LogP contribution in [0.5, 0.6) is 0 Å². The van der Waals surface area contributed by atoms with Crippen molar-refractivity contribution >= 4 is 14.4 Å². The molecule has 0 spiro atoms. The van der Waals surface area contributed by atoms with E-state index in [1.54, 1.807) is 0 Å². The highest BCUT2D eigenvalue weighted by atomic mass is 28.4. The van der Waals surface area contributed by atoms with Crippen LogP contribution in [0.2, 0.25) is 19.6 Å². The van der Waals surface area contributed by atoms with Gasteiger partial charge in [0.2, 0.25) is 0 Å². The average Bonchev–Trinajstić information content (AvgIpc) is 2.35. The van der Waals surface area contributed by atoms with Gasteiger partial charge in [-0.15, -0.1) is 0 Å². The van der Waals surface area contributed by atoms with Crippen molar-refractivity contribution in [3.05, 3.63) is 0 Å². The molecule has 20 heavy (non-hydrogen) atoms. The van der Waals surface area contributed by atoms with Gasteiger partial charge in [0.25, 0.3) is 0 Å². The summed E-state index contributed by atoms with van der Waals surface area (Å²) in [7, 11) is -1.68. The number of nitrogens with zero attached hydrogens (tertiary/aromatic N) is 1. The predicted octanol–water partition coefficient (Wildman–Crippen LogP) is 3.42. The standard InChI is InChI=1S/C14H30N2O3Si/c1-20(2,3)19-13(11-16(15)14(17)18)10-9-12-7-5-4-6-8-12/h12-13H,4-11,15H2,1-3H3,(H,17,18). The largest absolute Gasteiger partial charge is 0.464 e. The lowest BCUT2D eigenvalue weighted by atomic mass is 9.85. The van der Waals surface area contributed by atoms with Gasteiger partial charge in [0, 0.05) is 0 Å². The molecular formula is C14H30N2O3Si. The summed E-state index contributed by atoms with van der Waals surface area (Å²) in [5, 5.41) is 9.76. The topological polar surface area (TPSA) is 75.8 Å². The second-order valence-electron chi connectivity index (χ2n) is 6.87. The van der Waals surface area contributed by atoms with Crippen molar-refractivity contribution in [2.75, 3.05) is 6.54 Å². The van der Waals surface area contributed by atoms with E-state index >= 15 is 0 Å². The summed E-state index contributed by atoms with van der Waals surface area (Å²) in [4.78, 5) is 10.9. The number of nitrogens with two attached hydrogens (primary N) is 1. The van der Waals surface area contributed by atoms with Crippen LogP contribution in [0.4, 0.5) is 4.79 Å². The summed E-state index contributed by atoms with van der Waals surface area (Å²) >= 11 is 0. The zero-order chi connectivity index (χ0) is 15.2. The fourth-order valence-electron chi connectivity index (χ4n) is 2.88. The summed E-state index contributed by atoms with van der Waals surface area (Å²) in [5.41, 5.74) is 0. The van der Waals surface area contributed by atoms with Crippen molar-refractivity contribution < 1.29 is 14.3 Å². The highest BCUT2D eigenvalue weighted by Crippen LogP contribution is 2.28. The van der Waals surface area contributed by atoms with Crippen molar-refractivity contribution in [3.63, 3.8) is 0 Å². The van der Waals surface area contributed by atoms with Crippen LogP contribution in [0.25, 0.3) is 0 Å². The smallest absolute Gasteiger partial charge is 0.421 e. The number of hydrogen-bond donors (Lipinski definition) is 2. The Kier molecular flexibility index (Phi) is 6.98. The number of carbonyl (C=O) groups is 1. The average molecular weight is 302 g/mol.